The summed E-state index contributed by atoms with van der Waals surface area (Å²) in [5.74, 6) is -1.23. The van der Waals surface area contributed by atoms with Crippen molar-refractivity contribution in [3.05, 3.63) is 81.0 Å². The number of sulfonamides is 1. The molecule has 6 nitrogen and oxygen atoms in total. The lowest BCUT2D eigenvalue weighted by molar-refractivity contribution is 0.0697. The molecule has 1 heterocycles. The van der Waals surface area contributed by atoms with Crippen molar-refractivity contribution in [2.45, 2.75) is 37.1 Å². The maximum Gasteiger partial charge on any atom is 0.337 e. The van der Waals surface area contributed by atoms with Crippen LogP contribution < -0.4 is 10.0 Å². The highest BCUT2D eigenvalue weighted by Crippen LogP contribution is 2.32. The number of aromatic carboxylic acids is 1. The fraction of sp³-hybridized carbons (Fsp3) is 0.261. The highest BCUT2D eigenvalue weighted by atomic mass is 35.5. The Morgan fingerprint density at radius 3 is 2.53 bits per heavy atom. The normalized spacial score (nSPS) is 12.4. The molecule has 0 aliphatic rings. The summed E-state index contributed by atoms with van der Waals surface area (Å²) in [6.07, 6.45) is 2.18. The third kappa shape index (κ3) is 6.10. The number of carboxylic acids is 1. The number of anilines is 1. The summed E-state index contributed by atoms with van der Waals surface area (Å²) in [5, 5.41) is 14.9. The van der Waals surface area contributed by atoms with E-state index in [1.165, 1.54) is 6.07 Å². The van der Waals surface area contributed by atoms with E-state index >= 15 is 0 Å². The van der Waals surface area contributed by atoms with E-state index in [1.54, 1.807) is 11.3 Å². The van der Waals surface area contributed by atoms with Gasteiger partial charge in [-0.3, -0.25) is 0 Å². The molecule has 9 heteroatoms. The molecule has 3 rings (SSSR count). The van der Waals surface area contributed by atoms with Crippen LogP contribution in [0.3, 0.4) is 0 Å². The summed E-state index contributed by atoms with van der Waals surface area (Å²) < 4.78 is 28.1. The Morgan fingerprint density at radius 1 is 1.16 bits per heavy atom. The molecule has 0 aliphatic carbocycles. The summed E-state index contributed by atoms with van der Waals surface area (Å²) in [6.45, 7) is 2.23. The minimum Gasteiger partial charge on any atom is -0.478 e. The van der Waals surface area contributed by atoms with Crippen LogP contribution in [-0.2, 0) is 16.4 Å². The van der Waals surface area contributed by atoms with E-state index in [1.807, 2.05) is 54.8 Å². The molecule has 3 aromatic rings. The molecule has 1 unspecified atom stereocenters. The zero-order valence-corrected chi connectivity index (χ0v) is 19.9. The van der Waals surface area contributed by atoms with Gasteiger partial charge in [0, 0.05) is 11.4 Å². The highest BCUT2D eigenvalue weighted by Gasteiger charge is 2.24. The first-order chi connectivity index (χ1) is 15.3. The monoisotopic (exact) mass is 492 g/mol. The van der Waals surface area contributed by atoms with E-state index in [-0.39, 0.29) is 33.8 Å². The third-order valence-corrected chi connectivity index (χ3v) is 7.81. The van der Waals surface area contributed by atoms with Crippen molar-refractivity contribution >= 4 is 44.6 Å². The van der Waals surface area contributed by atoms with Crippen LogP contribution in [0.1, 0.15) is 46.6 Å². The van der Waals surface area contributed by atoms with E-state index in [0.29, 0.717) is 6.42 Å². The zero-order valence-electron chi connectivity index (χ0n) is 17.5. The number of hydrogen-bond acceptors (Lipinski definition) is 5. The molecule has 3 N–H and O–H groups in total. The number of carboxylic acid groups (broad SMARTS) is 1. The number of carbonyl (C=O) groups is 1. The topological polar surface area (TPSA) is 95.5 Å². The van der Waals surface area contributed by atoms with Crippen molar-refractivity contribution in [2.75, 3.05) is 11.9 Å². The van der Waals surface area contributed by atoms with Crippen LogP contribution in [-0.4, -0.2) is 26.0 Å². The molecule has 2 aromatic carbocycles. The van der Waals surface area contributed by atoms with Gasteiger partial charge in [-0.25, -0.2) is 17.9 Å². The van der Waals surface area contributed by atoms with Gasteiger partial charge in [-0.15, -0.1) is 11.3 Å². The standard InChI is InChI=1S/C23H25ClN2O4S2/c1-2-7-20(16-8-4-3-5-9-16)26-21-15-19(24)22(14-18(21)23(27)28)32(29,30)25-12-11-17-10-6-13-31-17/h3-6,8-10,13-15,20,25-26H,2,7,11-12H2,1H3,(H,27,28). The van der Waals surface area contributed by atoms with Gasteiger partial charge in [0.05, 0.1) is 22.3 Å². The fourth-order valence-corrected chi connectivity index (χ4v) is 5.67. The number of nitrogens with one attached hydrogen (secondary N) is 2. The average Bonchev–Trinajstić information content (AvgIpc) is 3.27. The molecule has 0 spiro atoms. The number of thiophene rings is 1. The zero-order chi connectivity index (χ0) is 23.1. The van der Waals surface area contributed by atoms with Gasteiger partial charge in [0.1, 0.15) is 4.90 Å². The van der Waals surface area contributed by atoms with Crippen LogP contribution in [0.2, 0.25) is 5.02 Å². The molecule has 1 atom stereocenters. The lowest BCUT2D eigenvalue weighted by Crippen LogP contribution is -2.26. The Morgan fingerprint density at radius 2 is 1.91 bits per heavy atom. The SMILES string of the molecule is CCCC(Nc1cc(Cl)c(S(=O)(=O)NCCc2cccs2)cc1C(=O)O)c1ccccc1. The minimum absolute atomic E-state index is 0.0376. The molecular formula is C23H25ClN2O4S2. The number of hydrogen-bond donors (Lipinski definition) is 3. The van der Waals surface area contributed by atoms with Crippen LogP contribution in [0.25, 0.3) is 0 Å². The number of benzene rings is 2. The largest absolute Gasteiger partial charge is 0.478 e. The molecule has 0 saturated heterocycles. The van der Waals surface area contributed by atoms with Gasteiger partial charge in [0.2, 0.25) is 10.0 Å². The number of halogens is 1. The highest BCUT2D eigenvalue weighted by molar-refractivity contribution is 7.89. The molecule has 0 bridgehead atoms. The molecular weight excluding hydrogens is 468 g/mol. The van der Waals surface area contributed by atoms with E-state index in [4.69, 9.17) is 11.6 Å². The van der Waals surface area contributed by atoms with Crippen LogP contribution in [0, 0.1) is 0 Å². The molecule has 0 radical (unpaired) electrons. The Balaban J connectivity index is 1.87. The second-order valence-electron chi connectivity index (χ2n) is 7.26. The van der Waals surface area contributed by atoms with E-state index < -0.39 is 16.0 Å². The molecule has 0 saturated carbocycles. The molecule has 1 aromatic heterocycles. The lowest BCUT2D eigenvalue weighted by Gasteiger charge is -2.22. The molecule has 0 amide bonds. The van der Waals surface area contributed by atoms with Crippen molar-refractivity contribution in [1.82, 2.24) is 4.72 Å². The quantitative estimate of drug-likeness (QED) is 0.325. The van der Waals surface area contributed by atoms with Crippen LogP contribution >= 0.6 is 22.9 Å². The maximum absolute atomic E-state index is 12.8. The smallest absolute Gasteiger partial charge is 0.337 e. The van der Waals surface area contributed by atoms with Crippen molar-refractivity contribution in [3.63, 3.8) is 0 Å². The van der Waals surface area contributed by atoms with E-state index in [2.05, 4.69) is 10.0 Å². The average molecular weight is 493 g/mol. The van der Waals surface area contributed by atoms with Crippen LogP contribution in [0.15, 0.2) is 64.9 Å². The predicted octanol–water partition coefficient (Wildman–Crippen LogP) is 5.57. The van der Waals surface area contributed by atoms with Crippen LogP contribution in [0.5, 0.6) is 0 Å². The first kappa shape index (κ1) is 24.3. The molecule has 170 valence electrons. The Labute approximate surface area is 197 Å². The predicted molar refractivity (Wildman–Crippen MR) is 129 cm³/mol. The van der Waals surface area contributed by atoms with Gasteiger partial charge in [-0.2, -0.15) is 0 Å². The summed E-state index contributed by atoms with van der Waals surface area (Å²) in [6, 6.07) is 15.9. The van der Waals surface area contributed by atoms with Crippen molar-refractivity contribution in [3.8, 4) is 0 Å². The first-order valence-corrected chi connectivity index (χ1v) is 13.0. The Bertz CT molecular complexity index is 1150. The van der Waals surface area contributed by atoms with Gasteiger partial charge in [-0.1, -0.05) is 61.3 Å². The van der Waals surface area contributed by atoms with Crippen molar-refractivity contribution in [1.29, 1.82) is 0 Å². The van der Waals surface area contributed by atoms with Gasteiger partial charge in [0.15, 0.2) is 0 Å². The van der Waals surface area contributed by atoms with Crippen molar-refractivity contribution < 1.29 is 18.3 Å². The van der Waals surface area contributed by atoms with Gasteiger partial charge >= 0.3 is 5.97 Å². The Hall–Kier alpha value is -2.39. The summed E-state index contributed by atoms with van der Waals surface area (Å²) >= 11 is 7.87. The van der Waals surface area contributed by atoms with Gasteiger partial charge in [-0.05, 0) is 42.0 Å². The lowest BCUT2D eigenvalue weighted by atomic mass is 10.0. The maximum atomic E-state index is 12.8. The summed E-state index contributed by atoms with van der Waals surface area (Å²) in [7, 11) is -3.98. The fourth-order valence-electron chi connectivity index (χ4n) is 3.38. The third-order valence-electron chi connectivity index (χ3n) is 4.94. The van der Waals surface area contributed by atoms with Crippen molar-refractivity contribution in [2.24, 2.45) is 0 Å². The molecule has 0 fully saturated rings. The molecule has 0 aliphatic heterocycles. The van der Waals surface area contributed by atoms with E-state index in [9.17, 15) is 18.3 Å². The summed E-state index contributed by atoms with van der Waals surface area (Å²) in [5.41, 5.74) is 1.14. The second-order valence-corrected chi connectivity index (χ2v) is 10.4. The minimum atomic E-state index is -3.98. The van der Waals surface area contributed by atoms with Gasteiger partial charge < -0.3 is 10.4 Å². The van der Waals surface area contributed by atoms with E-state index in [0.717, 1.165) is 29.3 Å². The van der Waals surface area contributed by atoms with Gasteiger partial charge in [0.25, 0.3) is 0 Å². The first-order valence-electron chi connectivity index (χ1n) is 10.2. The summed E-state index contributed by atoms with van der Waals surface area (Å²) in [4.78, 5) is 12.8. The molecule has 32 heavy (non-hydrogen) atoms. The Kier molecular flexibility index (Phi) is 8.31. The second kappa shape index (κ2) is 11.0. The number of rotatable bonds is 11. The van der Waals surface area contributed by atoms with Crippen LogP contribution in [0.4, 0.5) is 5.69 Å².